The summed E-state index contributed by atoms with van der Waals surface area (Å²) in [6.45, 7) is 10.2. The highest BCUT2D eigenvalue weighted by Gasteiger charge is 2.30. The second-order valence-corrected chi connectivity index (χ2v) is 7.74. The number of halogens is 3. The Bertz CT molecular complexity index is 1230. The van der Waals surface area contributed by atoms with E-state index in [0.29, 0.717) is 19.4 Å². The fraction of sp³-hybridized carbons (Fsp3) is 0.231. The molecule has 0 unspecified atom stereocenters. The number of benzene rings is 1. The number of carbonyl (C=O) groups is 2. The first kappa shape index (κ1) is 28.8. The van der Waals surface area contributed by atoms with Crippen molar-refractivity contribution in [3.05, 3.63) is 84.1 Å². The van der Waals surface area contributed by atoms with Crippen molar-refractivity contribution < 1.29 is 27.5 Å². The summed E-state index contributed by atoms with van der Waals surface area (Å²) < 4.78 is 49.1. The quantitative estimate of drug-likeness (QED) is 0.456. The van der Waals surface area contributed by atoms with Gasteiger partial charge in [-0.3, -0.25) is 0 Å². The number of piperidine rings is 1. The van der Waals surface area contributed by atoms with Gasteiger partial charge in [-0.15, -0.1) is 0 Å². The van der Waals surface area contributed by atoms with E-state index in [-0.39, 0.29) is 22.8 Å². The van der Waals surface area contributed by atoms with Gasteiger partial charge in [0, 0.05) is 47.8 Å². The van der Waals surface area contributed by atoms with Crippen molar-refractivity contribution in [1.29, 1.82) is 0 Å². The summed E-state index contributed by atoms with van der Waals surface area (Å²) in [7, 11) is 1.37. The molecule has 8 nitrogen and oxygen atoms in total. The second-order valence-electron chi connectivity index (χ2n) is 7.74. The molecule has 37 heavy (non-hydrogen) atoms. The molecule has 2 N–H and O–H groups in total. The van der Waals surface area contributed by atoms with Crippen LogP contribution in [0.3, 0.4) is 0 Å². The third-order valence-corrected chi connectivity index (χ3v) is 5.82. The number of methoxy groups -OCH3 is 1. The van der Waals surface area contributed by atoms with Crippen molar-refractivity contribution in [3.8, 4) is 5.88 Å². The number of allylic oxidation sites excluding steroid dienone is 2. The zero-order valence-electron chi connectivity index (χ0n) is 20.6. The lowest BCUT2D eigenvalue weighted by Crippen LogP contribution is -2.30. The van der Waals surface area contributed by atoms with Gasteiger partial charge in [0.25, 0.3) is 0 Å². The van der Waals surface area contributed by atoms with E-state index in [0.717, 1.165) is 29.4 Å². The molecule has 1 atom stereocenters. The van der Waals surface area contributed by atoms with E-state index in [2.05, 4.69) is 26.8 Å². The molecule has 1 fully saturated rings. The number of likely N-dealkylation sites (tertiary alicyclic amines) is 1. The van der Waals surface area contributed by atoms with Gasteiger partial charge in [-0.05, 0) is 38.1 Å². The number of anilines is 2. The van der Waals surface area contributed by atoms with Crippen molar-refractivity contribution >= 4 is 30.5 Å². The maximum Gasteiger partial charge on any atom is 0.237 e. The lowest BCUT2D eigenvalue weighted by molar-refractivity contribution is -0.0987. The number of ether oxygens (including phenoxy) is 1. The van der Waals surface area contributed by atoms with Gasteiger partial charge in [0.15, 0.2) is 5.82 Å². The molecule has 4 rings (SSSR count). The molecule has 196 valence electrons. The summed E-state index contributed by atoms with van der Waals surface area (Å²) in [4.78, 5) is 29.1. The molecule has 3 heterocycles. The Morgan fingerprint density at radius 1 is 1.19 bits per heavy atom. The lowest BCUT2D eigenvalue weighted by atomic mass is 9.87. The second kappa shape index (κ2) is 13.6. The summed E-state index contributed by atoms with van der Waals surface area (Å²) >= 11 is 0. The highest BCUT2D eigenvalue weighted by molar-refractivity contribution is 5.66. The molecule has 0 radical (unpaired) electrons. The third kappa shape index (κ3) is 6.43. The predicted molar refractivity (Wildman–Crippen MR) is 135 cm³/mol. The Labute approximate surface area is 212 Å². The first-order valence-corrected chi connectivity index (χ1v) is 11.0. The van der Waals surface area contributed by atoms with E-state index < -0.39 is 23.4 Å². The fourth-order valence-corrected chi connectivity index (χ4v) is 4.19. The van der Waals surface area contributed by atoms with Gasteiger partial charge >= 0.3 is 0 Å². The SMILES string of the molecule is C=CN1C[C@H](c2c(F)ccc(Nc3cc(F)cnc3OC)c2F)CC/C1=C(/C)c1ncc[nH]1.C=O.C=O. The minimum atomic E-state index is -0.731. The fourth-order valence-electron chi connectivity index (χ4n) is 4.19. The van der Waals surface area contributed by atoms with Crippen LogP contribution in [0.1, 0.15) is 37.1 Å². The number of aromatic nitrogens is 3. The van der Waals surface area contributed by atoms with Crippen LogP contribution in [0.5, 0.6) is 5.88 Å². The van der Waals surface area contributed by atoms with E-state index >= 15 is 4.39 Å². The van der Waals surface area contributed by atoms with Crippen LogP contribution in [0.4, 0.5) is 24.5 Å². The predicted octanol–water partition coefficient (Wildman–Crippen LogP) is 5.36. The van der Waals surface area contributed by atoms with Gasteiger partial charge < -0.3 is 29.5 Å². The number of nitrogens with zero attached hydrogens (tertiary/aromatic N) is 3. The zero-order chi connectivity index (χ0) is 27.5. The van der Waals surface area contributed by atoms with Crippen molar-refractivity contribution in [3.63, 3.8) is 0 Å². The van der Waals surface area contributed by atoms with Crippen LogP contribution >= 0.6 is 0 Å². The molecule has 0 bridgehead atoms. The summed E-state index contributed by atoms with van der Waals surface area (Å²) in [6.07, 6.45) is 7.22. The first-order valence-electron chi connectivity index (χ1n) is 11.0. The average Bonchev–Trinajstić information content (AvgIpc) is 3.47. The van der Waals surface area contributed by atoms with E-state index in [1.165, 1.54) is 19.2 Å². The van der Waals surface area contributed by atoms with Crippen LogP contribution in [-0.4, -0.2) is 47.1 Å². The number of rotatable bonds is 6. The van der Waals surface area contributed by atoms with Crippen LogP contribution in [-0.2, 0) is 9.59 Å². The Morgan fingerprint density at radius 2 is 1.92 bits per heavy atom. The van der Waals surface area contributed by atoms with Crippen molar-refractivity contribution in [1.82, 2.24) is 19.9 Å². The third-order valence-electron chi connectivity index (χ3n) is 5.82. The largest absolute Gasteiger partial charge is 0.480 e. The van der Waals surface area contributed by atoms with E-state index in [1.807, 2.05) is 25.4 Å². The normalized spacial score (nSPS) is 15.9. The summed E-state index contributed by atoms with van der Waals surface area (Å²) in [6, 6.07) is 3.62. The minimum absolute atomic E-state index is 0.00959. The van der Waals surface area contributed by atoms with E-state index in [4.69, 9.17) is 14.3 Å². The molecule has 0 aliphatic carbocycles. The van der Waals surface area contributed by atoms with E-state index in [1.54, 1.807) is 18.6 Å². The average molecular weight is 516 g/mol. The highest BCUT2D eigenvalue weighted by Crippen LogP contribution is 2.39. The number of hydrogen-bond donors (Lipinski definition) is 2. The Balaban J connectivity index is 0.00000115. The van der Waals surface area contributed by atoms with Crippen molar-refractivity contribution in [2.45, 2.75) is 25.7 Å². The topological polar surface area (TPSA) is 100 Å². The van der Waals surface area contributed by atoms with Crippen LogP contribution in [0.2, 0.25) is 0 Å². The van der Waals surface area contributed by atoms with Crippen LogP contribution in [0, 0.1) is 17.5 Å². The molecule has 1 aliphatic heterocycles. The molecule has 1 aromatic carbocycles. The number of imidazole rings is 1. The molecule has 11 heteroatoms. The standard InChI is InChI=1S/C24H24F3N5O.2CH2O/c1-4-32-13-15(5-8-20(32)14(2)23-28-9-10-29-23)21-17(26)6-7-18(22(21)27)31-19-11-16(25)12-30-24(19)33-3;2*1-2/h4,6-7,9-12,15,31H,1,5,8,13H2,2-3H3,(H,28,29);2*1H2/b20-14+;;/t15-;;/m1../s1. The van der Waals surface area contributed by atoms with Gasteiger partial charge in [0.2, 0.25) is 5.88 Å². The van der Waals surface area contributed by atoms with Crippen molar-refractivity contribution in [2.75, 3.05) is 19.0 Å². The number of hydrogen-bond acceptors (Lipinski definition) is 7. The van der Waals surface area contributed by atoms with Gasteiger partial charge in [0.05, 0.1) is 19.0 Å². The van der Waals surface area contributed by atoms with Crippen LogP contribution in [0.25, 0.3) is 5.57 Å². The molecule has 0 spiro atoms. The molecule has 0 amide bonds. The number of pyridine rings is 1. The number of nitrogens with one attached hydrogen (secondary N) is 2. The first-order chi connectivity index (χ1) is 17.9. The molecule has 1 saturated heterocycles. The molecule has 2 aromatic heterocycles. The number of aromatic amines is 1. The number of H-pyrrole nitrogens is 1. The summed E-state index contributed by atoms with van der Waals surface area (Å²) in [5, 5.41) is 2.79. The minimum Gasteiger partial charge on any atom is -0.480 e. The Morgan fingerprint density at radius 3 is 2.54 bits per heavy atom. The van der Waals surface area contributed by atoms with Gasteiger partial charge in [-0.1, -0.05) is 6.58 Å². The number of carbonyl (C=O) groups excluding carboxylic acids is 2. The molecule has 0 saturated carbocycles. The van der Waals surface area contributed by atoms with Crippen LogP contribution in [0.15, 0.2) is 55.3 Å². The van der Waals surface area contributed by atoms with Crippen LogP contribution < -0.4 is 10.1 Å². The highest BCUT2D eigenvalue weighted by atomic mass is 19.1. The Kier molecular flexibility index (Phi) is 10.6. The molecule has 3 aromatic rings. The lowest BCUT2D eigenvalue weighted by Gasteiger charge is -2.35. The van der Waals surface area contributed by atoms with E-state index in [9.17, 15) is 8.78 Å². The summed E-state index contributed by atoms with van der Waals surface area (Å²) in [5.74, 6) is -1.54. The maximum atomic E-state index is 15.5. The van der Waals surface area contributed by atoms with Gasteiger partial charge in [-0.2, -0.15) is 0 Å². The molecule has 1 aliphatic rings. The van der Waals surface area contributed by atoms with Crippen molar-refractivity contribution in [2.24, 2.45) is 0 Å². The molecular weight excluding hydrogens is 487 g/mol. The van der Waals surface area contributed by atoms with Gasteiger partial charge in [-0.25, -0.2) is 23.1 Å². The smallest absolute Gasteiger partial charge is 0.237 e. The monoisotopic (exact) mass is 515 g/mol. The van der Waals surface area contributed by atoms with Gasteiger partial charge in [0.1, 0.15) is 36.7 Å². The summed E-state index contributed by atoms with van der Waals surface area (Å²) in [5.41, 5.74) is 2.09. The maximum absolute atomic E-state index is 15.5. The molecular formula is C26H28F3N5O3. The zero-order valence-corrected chi connectivity index (χ0v) is 20.6. The Hall–Kier alpha value is -4.41.